The van der Waals surface area contributed by atoms with Gasteiger partial charge in [0, 0.05) is 11.8 Å². The molecule has 1 heterocycles. The van der Waals surface area contributed by atoms with Gasteiger partial charge in [-0.2, -0.15) is 0 Å². The third-order valence-corrected chi connectivity index (χ3v) is 7.33. The molecular formula is C25H21IN4O7S. The maximum absolute atomic E-state index is 12.6. The number of nitrogens with one attached hydrogen (secondary N) is 2. The van der Waals surface area contributed by atoms with Crippen molar-refractivity contribution in [2.75, 3.05) is 12.4 Å². The molecule has 2 N–H and O–H groups in total. The molecule has 3 aromatic carbocycles. The van der Waals surface area contributed by atoms with Gasteiger partial charge in [-0.3, -0.25) is 25.0 Å². The molecule has 1 aliphatic heterocycles. The number of methoxy groups -OCH3 is 1. The van der Waals surface area contributed by atoms with Crippen LogP contribution in [0.3, 0.4) is 0 Å². The zero-order valence-electron chi connectivity index (χ0n) is 20.1. The third kappa shape index (κ3) is 6.16. The number of amides is 1. The number of aryl methyl sites for hydroxylation is 1. The Morgan fingerprint density at radius 1 is 1.08 bits per heavy atom. The molecule has 1 amide bonds. The van der Waals surface area contributed by atoms with E-state index in [4.69, 9.17) is 9.47 Å². The highest BCUT2D eigenvalue weighted by molar-refractivity contribution is 14.1. The largest absolute Gasteiger partial charge is 0.493 e. The molecule has 4 rings (SSSR count). The number of carbonyl (C=O) groups is 1. The lowest BCUT2D eigenvalue weighted by Gasteiger charge is -2.14. The van der Waals surface area contributed by atoms with Gasteiger partial charge in [0.2, 0.25) is 5.75 Å². The molecule has 38 heavy (non-hydrogen) atoms. The summed E-state index contributed by atoms with van der Waals surface area (Å²) in [5.74, 6) is 0.0688. The average molecular weight is 648 g/mol. The van der Waals surface area contributed by atoms with Crippen molar-refractivity contribution in [3.63, 3.8) is 0 Å². The van der Waals surface area contributed by atoms with E-state index in [1.807, 2.05) is 46.9 Å². The number of anilines is 1. The molecule has 1 aliphatic rings. The van der Waals surface area contributed by atoms with E-state index in [1.165, 1.54) is 30.5 Å². The first kappa shape index (κ1) is 27.2. The predicted molar refractivity (Wildman–Crippen MR) is 152 cm³/mol. The number of non-ortho nitro benzene ring substituents is 1. The summed E-state index contributed by atoms with van der Waals surface area (Å²) in [6.45, 7) is 2.08. The molecular weight excluding hydrogens is 627 g/mol. The van der Waals surface area contributed by atoms with Crippen LogP contribution in [0.1, 0.15) is 18.1 Å². The summed E-state index contributed by atoms with van der Waals surface area (Å²) >= 11 is 3.33. The quantitative estimate of drug-likeness (QED) is 0.122. The smallest absolute Gasteiger partial charge is 0.318 e. The van der Waals surface area contributed by atoms with Gasteiger partial charge in [-0.05, 0) is 76.5 Å². The van der Waals surface area contributed by atoms with Gasteiger partial charge >= 0.3 is 5.69 Å². The normalized spacial score (nSPS) is 15.7. The van der Waals surface area contributed by atoms with E-state index in [0.29, 0.717) is 14.0 Å². The average Bonchev–Trinajstić information content (AvgIpc) is 3.23. The number of rotatable bonds is 9. The van der Waals surface area contributed by atoms with Crippen molar-refractivity contribution >= 4 is 63.4 Å². The van der Waals surface area contributed by atoms with E-state index in [1.54, 1.807) is 18.2 Å². The standard InChI is InChI=1S/C25H21IN4O7S/c1-3-14-4-6-16(7-5-14)27-25-28-24(31)22(38-25)12-15-10-18(26)23(21(11-15)36-2)37-20-9-8-17(29(32)33)13-19(20)30(34)35/h4-13,25,27H,3H2,1-2H3,(H,28,31)/b22-12+/t25-/m0/s1. The first-order valence-corrected chi connectivity index (χ1v) is 13.2. The fourth-order valence-corrected chi connectivity index (χ4v) is 5.31. The van der Waals surface area contributed by atoms with Crippen molar-refractivity contribution in [1.82, 2.24) is 5.32 Å². The van der Waals surface area contributed by atoms with Crippen LogP contribution in [0.4, 0.5) is 17.1 Å². The summed E-state index contributed by atoms with van der Waals surface area (Å²) in [6, 6.07) is 14.5. The Hall–Kier alpha value is -3.85. The lowest BCUT2D eigenvalue weighted by molar-refractivity contribution is -0.394. The molecule has 13 heteroatoms. The number of benzene rings is 3. The Kier molecular flexibility index (Phi) is 8.36. The molecule has 11 nitrogen and oxygen atoms in total. The van der Waals surface area contributed by atoms with Gasteiger partial charge in [0.05, 0.1) is 31.5 Å². The second kappa shape index (κ2) is 11.7. The number of thioether (sulfide) groups is 1. The number of hydrogen-bond donors (Lipinski definition) is 2. The zero-order chi connectivity index (χ0) is 27.4. The highest BCUT2D eigenvalue weighted by Crippen LogP contribution is 2.42. The second-order valence-corrected chi connectivity index (χ2v) is 10.3. The number of hydrogen-bond acceptors (Lipinski definition) is 9. The maximum atomic E-state index is 12.6. The number of carbonyl (C=O) groups excluding carboxylic acids is 1. The SMILES string of the molecule is CCc1ccc(N[C@H]2NC(=O)/C(=C\c3cc(I)c(Oc4ccc([N+](=O)[O-])cc4[N+](=O)[O-])c(OC)c3)S2)cc1. The minimum atomic E-state index is -0.751. The predicted octanol–water partition coefficient (Wildman–Crippen LogP) is 6.07. The van der Waals surface area contributed by atoms with Crippen molar-refractivity contribution in [3.05, 3.63) is 94.4 Å². The number of ether oxygens (including phenoxy) is 2. The van der Waals surface area contributed by atoms with Gasteiger partial charge in [-0.15, -0.1) is 0 Å². The van der Waals surface area contributed by atoms with E-state index < -0.39 is 21.2 Å². The summed E-state index contributed by atoms with van der Waals surface area (Å²) in [7, 11) is 1.42. The number of halogens is 1. The molecule has 0 unspecified atom stereocenters. The van der Waals surface area contributed by atoms with E-state index in [-0.39, 0.29) is 28.7 Å². The third-order valence-electron chi connectivity index (χ3n) is 5.50. The summed E-state index contributed by atoms with van der Waals surface area (Å²) in [4.78, 5) is 34.1. The van der Waals surface area contributed by atoms with Crippen LogP contribution in [0.15, 0.2) is 59.5 Å². The first-order valence-electron chi connectivity index (χ1n) is 11.2. The summed E-state index contributed by atoms with van der Waals surface area (Å²) < 4.78 is 11.8. The first-order chi connectivity index (χ1) is 18.2. The molecule has 0 aliphatic carbocycles. The zero-order valence-corrected chi connectivity index (χ0v) is 23.1. The lowest BCUT2D eigenvalue weighted by Crippen LogP contribution is -2.30. The minimum absolute atomic E-state index is 0.172. The van der Waals surface area contributed by atoms with Crippen LogP contribution in [0.25, 0.3) is 6.08 Å². The molecule has 3 aromatic rings. The molecule has 1 fully saturated rings. The van der Waals surface area contributed by atoms with Crippen LogP contribution >= 0.6 is 34.4 Å². The summed E-state index contributed by atoms with van der Waals surface area (Å²) in [5, 5.41) is 28.7. The van der Waals surface area contributed by atoms with Gasteiger partial charge in [0.15, 0.2) is 17.0 Å². The molecule has 0 bridgehead atoms. The van der Waals surface area contributed by atoms with Crippen LogP contribution in [0, 0.1) is 23.8 Å². The van der Waals surface area contributed by atoms with Crippen molar-refractivity contribution in [2.45, 2.75) is 18.8 Å². The molecule has 1 atom stereocenters. The topological polar surface area (TPSA) is 146 Å². The van der Waals surface area contributed by atoms with Crippen LogP contribution in [-0.4, -0.2) is 28.4 Å². The fourth-order valence-electron chi connectivity index (χ4n) is 3.59. The Morgan fingerprint density at radius 2 is 1.82 bits per heavy atom. The van der Waals surface area contributed by atoms with E-state index >= 15 is 0 Å². The van der Waals surface area contributed by atoms with Crippen LogP contribution in [-0.2, 0) is 11.2 Å². The van der Waals surface area contributed by atoms with Crippen LogP contribution in [0.5, 0.6) is 17.2 Å². The highest BCUT2D eigenvalue weighted by Gasteiger charge is 2.28. The van der Waals surface area contributed by atoms with Crippen molar-refractivity contribution in [2.24, 2.45) is 0 Å². The number of nitrogens with zero attached hydrogens (tertiary/aromatic N) is 2. The monoisotopic (exact) mass is 648 g/mol. The van der Waals surface area contributed by atoms with E-state index in [9.17, 15) is 25.0 Å². The molecule has 1 saturated heterocycles. The Bertz CT molecular complexity index is 1450. The molecule has 0 saturated carbocycles. The number of nitro groups is 2. The van der Waals surface area contributed by atoms with Crippen molar-refractivity contribution < 1.29 is 24.1 Å². The van der Waals surface area contributed by atoms with Gasteiger partial charge in [0.1, 0.15) is 0 Å². The lowest BCUT2D eigenvalue weighted by atomic mass is 10.1. The summed E-state index contributed by atoms with van der Waals surface area (Å²) in [6.07, 6.45) is 2.66. The molecule has 0 aromatic heterocycles. The Morgan fingerprint density at radius 3 is 2.45 bits per heavy atom. The van der Waals surface area contributed by atoms with Crippen LogP contribution in [0.2, 0.25) is 0 Å². The van der Waals surface area contributed by atoms with E-state index in [0.717, 1.165) is 24.2 Å². The van der Waals surface area contributed by atoms with Gasteiger partial charge < -0.3 is 20.1 Å². The Balaban J connectivity index is 1.56. The minimum Gasteiger partial charge on any atom is -0.493 e. The summed E-state index contributed by atoms with van der Waals surface area (Å²) in [5.41, 5.74) is 1.45. The van der Waals surface area contributed by atoms with Gasteiger partial charge in [-0.25, -0.2) is 0 Å². The highest BCUT2D eigenvalue weighted by atomic mass is 127. The molecule has 0 spiro atoms. The Labute approximate surface area is 235 Å². The maximum Gasteiger partial charge on any atom is 0.318 e. The van der Waals surface area contributed by atoms with Gasteiger partial charge in [-0.1, -0.05) is 30.8 Å². The molecule has 196 valence electrons. The second-order valence-electron chi connectivity index (χ2n) is 7.98. The van der Waals surface area contributed by atoms with Crippen molar-refractivity contribution in [3.8, 4) is 17.2 Å². The van der Waals surface area contributed by atoms with E-state index in [2.05, 4.69) is 17.6 Å². The number of nitro benzene ring substituents is 2. The van der Waals surface area contributed by atoms with Gasteiger partial charge in [0.25, 0.3) is 11.6 Å². The van der Waals surface area contributed by atoms with Crippen molar-refractivity contribution in [1.29, 1.82) is 0 Å². The van der Waals surface area contributed by atoms with Crippen LogP contribution < -0.4 is 20.1 Å². The fraction of sp³-hybridized carbons (Fsp3) is 0.160. The molecule has 0 radical (unpaired) electrons.